The highest BCUT2D eigenvalue weighted by Gasteiger charge is 2.35. The van der Waals surface area contributed by atoms with E-state index < -0.39 is 9.05 Å². The summed E-state index contributed by atoms with van der Waals surface area (Å²) >= 11 is 0. The van der Waals surface area contributed by atoms with Gasteiger partial charge in [-0.05, 0) is 25.3 Å². The first kappa shape index (κ1) is 13.9. The van der Waals surface area contributed by atoms with Crippen LogP contribution in [0.15, 0.2) is 17.2 Å². The lowest BCUT2D eigenvalue weighted by Gasteiger charge is -2.15. The standard InChI is InChI=1S/C12H16ClN3O3S/c13-20(18,19)10-5-11(14-6-10)12(17)15-8-3-4-16(7-8)9-1-2-9/h5-6,8-9,14H,1-4,7H2,(H,15,17). The Labute approximate surface area is 121 Å². The van der Waals surface area contributed by atoms with Gasteiger partial charge in [0.2, 0.25) is 0 Å². The summed E-state index contributed by atoms with van der Waals surface area (Å²) in [5.74, 6) is -0.292. The maximum atomic E-state index is 12.0. The first-order valence-corrected chi connectivity index (χ1v) is 8.92. The molecule has 1 unspecified atom stereocenters. The quantitative estimate of drug-likeness (QED) is 0.809. The van der Waals surface area contributed by atoms with E-state index in [1.54, 1.807) is 0 Å². The van der Waals surface area contributed by atoms with Crippen LogP contribution in [0.2, 0.25) is 0 Å². The number of aromatic nitrogens is 1. The van der Waals surface area contributed by atoms with Gasteiger partial charge in [0, 0.05) is 42.1 Å². The molecule has 1 saturated carbocycles. The lowest BCUT2D eigenvalue weighted by atomic mass is 10.2. The third-order valence-electron chi connectivity index (χ3n) is 3.80. The summed E-state index contributed by atoms with van der Waals surface area (Å²) in [4.78, 5) is 17.0. The zero-order valence-electron chi connectivity index (χ0n) is 10.8. The summed E-state index contributed by atoms with van der Waals surface area (Å²) in [6.07, 6.45) is 4.68. The molecule has 2 fully saturated rings. The average Bonchev–Trinajstić information content (AvgIpc) is 2.91. The molecule has 0 bridgehead atoms. The Morgan fingerprint density at radius 3 is 2.75 bits per heavy atom. The molecule has 1 amide bonds. The molecule has 0 radical (unpaired) electrons. The third kappa shape index (κ3) is 2.99. The van der Waals surface area contributed by atoms with Crippen molar-refractivity contribution in [2.24, 2.45) is 0 Å². The molecule has 1 aliphatic carbocycles. The van der Waals surface area contributed by atoms with E-state index in [0.29, 0.717) is 6.04 Å². The molecule has 6 nitrogen and oxygen atoms in total. The van der Waals surface area contributed by atoms with E-state index in [1.165, 1.54) is 25.1 Å². The van der Waals surface area contributed by atoms with Crippen LogP contribution in [0, 0.1) is 0 Å². The first-order chi connectivity index (χ1) is 9.43. The minimum atomic E-state index is -3.80. The van der Waals surface area contributed by atoms with Gasteiger partial charge in [0.15, 0.2) is 0 Å². The van der Waals surface area contributed by atoms with Crippen molar-refractivity contribution in [2.45, 2.75) is 36.2 Å². The molecule has 1 atom stereocenters. The molecule has 2 heterocycles. The van der Waals surface area contributed by atoms with Crippen LogP contribution >= 0.6 is 10.7 Å². The van der Waals surface area contributed by atoms with E-state index in [0.717, 1.165) is 19.5 Å². The van der Waals surface area contributed by atoms with Crippen LogP contribution in [-0.4, -0.2) is 49.4 Å². The Bertz CT molecular complexity index is 624. The molecular formula is C12H16ClN3O3S. The number of nitrogens with one attached hydrogen (secondary N) is 2. The van der Waals surface area contributed by atoms with Crippen molar-refractivity contribution >= 4 is 25.6 Å². The number of rotatable bonds is 4. The van der Waals surface area contributed by atoms with E-state index in [1.807, 2.05) is 0 Å². The second-order valence-electron chi connectivity index (χ2n) is 5.37. The van der Waals surface area contributed by atoms with Gasteiger partial charge >= 0.3 is 0 Å². The zero-order valence-corrected chi connectivity index (χ0v) is 12.4. The van der Waals surface area contributed by atoms with E-state index >= 15 is 0 Å². The van der Waals surface area contributed by atoms with Crippen LogP contribution in [0.25, 0.3) is 0 Å². The van der Waals surface area contributed by atoms with Gasteiger partial charge < -0.3 is 10.3 Å². The number of carbonyl (C=O) groups excluding carboxylic acids is 1. The molecule has 0 spiro atoms. The second kappa shape index (κ2) is 5.05. The Morgan fingerprint density at radius 2 is 2.15 bits per heavy atom. The lowest BCUT2D eigenvalue weighted by Crippen LogP contribution is -2.37. The number of amides is 1. The van der Waals surface area contributed by atoms with Gasteiger partial charge in [-0.3, -0.25) is 9.69 Å². The van der Waals surface area contributed by atoms with Gasteiger partial charge in [-0.2, -0.15) is 0 Å². The van der Waals surface area contributed by atoms with Crippen LogP contribution in [0.3, 0.4) is 0 Å². The molecule has 0 aromatic carbocycles. The number of likely N-dealkylation sites (tertiary alicyclic amines) is 1. The summed E-state index contributed by atoms with van der Waals surface area (Å²) in [7, 11) is 1.42. The molecule has 3 rings (SSSR count). The molecular weight excluding hydrogens is 302 g/mol. The molecule has 8 heteroatoms. The van der Waals surface area contributed by atoms with Gasteiger partial charge in [0.25, 0.3) is 15.0 Å². The number of H-pyrrole nitrogens is 1. The van der Waals surface area contributed by atoms with E-state index in [-0.39, 0.29) is 22.5 Å². The fourth-order valence-electron chi connectivity index (χ4n) is 2.59. The van der Waals surface area contributed by atoms with Crippen molar-refractivity contribution in [1.29, 1.82) is 0 Å². The number of hydrogen-bond donors (Lipinski definition) is 2. The van der Waals surface area contributed by atoms with Gasteiger partial charge in [0.1, 0.15) is 10.6 Å². The normalized spacial score (nSPS) is 23.9. The molecule has 1 aromatic heterocycles. The Hall–Kier alpha value is -1.05. The van der Waals surface area contributed by atoms with Crippen LogP contribution in [0.5, 0.6) is 0 Å². The topological polar surface area (TPSA) is 82.3 Å². The van der Waals surface area contributed by atoms with Crippen molar-refractivity contribution in [3.63, 3.8) is 0 Å². The monoisotopic (exact) mass is 317 g/mol. The smallest absolute Gasteiger partial charge is 0.267 e. The molecule has 2 aliphatic rings. The number of carbonyl (C=O) groups is 1. The number of hydrogen-bond acceptors (Lipinski definition) is 4. The first-order valence-electron chi connectivity index (χ1n) is 6.61. The van der Waals surface area contributed by atoms with E-state index in [4.69, 9.17) is 10.7 Å². The summed E-state index contributed by atoms with van der Waals surface area (Å²) < 4.78 is 22.3. The Morgan fingerprint density at radius 1 is 1.40 bits per heavy atom. The highest BCUT2D eigenvalue weighted by molar-refractivity contribution is 8.13. The van der Waals surface area contributed by atoms with Gasteiger partial charge in [-0.1, -0.05) is 0 Å². The highest BCUT2D eigenvalue weighted by atomic mass is 35.7. The van der Waals surface area contributed by atoms with Crippen molar-refractivity contribution < 1.29 is 13.2 Å². The van der Waals surface area contributed by atoms with E-state index in [9.17, 15) is 13.2 Å². The van der Waals surface area contributed by atoms with Crippen LogP contribution < -0.4 is 5.32 Å². The summed E-state index contributed by atoms with van der Waals surface area (Å²) in [6.45, 7) is 1.89. The molecule has 2 N–H and O–H groups in total. The predicted molar refractivity (Wildman–Crippen MR) is 74.3 cm³/mol. The average molecular weight is 318 g/mol. The van der Waals surface area contributed by atoms with Crippen molar-refractivity contribution in [2.75, 3.05) is 13.1 Å². The predicted octanol–water partition coefficient (Wildman–Crippen LogP) is 0.909. The molecule has 1 aromatic rings. The maximum absolute atomic E-state index is 12.0. The van der Waals surface area contributed by atoms with Gasteiger partial charge in [-0.15, -0.1) is 0 Å². The molecule has 110 valence electrons. The summed E-state index contributed by atoms with van der Waals surface area (Å²) in [5, 5.41) is 2.92. The minimum Gasteiger partial charge on any atom is -0.356 e. The van der Waals surface area contributed by atoms with Crippen molar-refractivity contribution in [3.8, 4) is 0 Å². The minimum absolute atomic E-state index is 0.0876. The van der Waals surface area contributed by atoms with E-state index in [2.05, 4.69) is 15.2 Å². The number of nitrogens with zero attached hydrogens (tertiary/aromatic N) is 1. The van der Waals surface area contributed by atoms with Crippen molar-refractivity contribution in [1.82, 2.24) is 15.2 Å². The summed E-state index contributed by atoms with van der Waals surface area (Å²) in [6, 6.07) is 2.09. The second-order valence-corrected chi connectivity index (χ2v) is 7.94. The molecule has 1 aliphatic heterocycles. The van der Waals surface area contributed by atoms with Crippen molar-refractivity contribution in [3.05, 3.63) is 18.0 Å². The van der Waals surface area contributed by atoms with Crippen LogP contribution in [-0.2, 0) is 9.05 Å². The van der Waals surface area contributed by atoms with Crippen LogP contribution in [0.4, 0.5) is 0 Å². The van der Waals surface area contributed by atoms with Gasteiger partial charge in [0.05, 0.1) is 0 Å². The zero-order chi connectivity index (χ0) is 14.3. The number of aromatic amines is 1. The SMILES string of the molecule is O=C(NC1CCN(C2CC2)C1)c1cc(S(=O)(=O)Cl)c[nH]1. The lowest BCUT2D eigenvalue weighted by molar-refractivity contribution is 0.0933. The molecule has 1 saturated heterocycles. The maximum Gasteiger partial charge on any atom is 0.267 e. The number of halogens is 1. The van der Waals surface area contributed by atoms with Gasteiger partial charge in [-0.25, -0.2) is 8.42 Å². The highest BCUT2D eigenvalue weighted by Crippen LogP contribution is 2.29. The van der Waals surface area contributed by atoms with Crippen LogP contribution in [0.1, 0.15) is 29.8 Å². The Balaban J connectivity index is 1.60. The fraction of sp³-hybridized carbons (Fsp3) is 0.583. The Kier molecular flexibility index (Phi) is 3.51. The summed E-state index contributed by atoms with van der Waals surface area (Å²) in [5.41, 5.74) is 0.217. The third-order valence-corrected chi connectivity index (χ3v) is 5.13. The fourth-order valence-corrected chi connectivity index (χ4v) is 3.31. The molecule has 20 heavy (non-hydrogen) atoms. The largest absolute Gasteiger partial charge is 0.356 e.